The molecule has 118 valence electrons. The number of carbonyl (C=O) groups excluding carboxylic acids is 1. The molecular formula is C16H22N4O2. The molecule has 2 rings (SSSR count). The van der Waals surface area contributed by atoms with Gasteiger partial charge in [-0.3, -0.25) is 4.79 Å². The van der Waals surface area contributed by atoms with Crippen LogP contribution in [0.2, 0.25) is 0 Å². The van der Waals surface area contributed by atoms with Crippen LogP contribution in [0.4, 0.5) is 11.7 Å². The van der Waals surface area contributed by atoms with Crippen molar-refractivity contribution in [2.75, 3.05) is 10.6 Å². The van der Waals surface area contributed by atoms with Crippen LogP contribution in [0.3, 0.4) is 0 Å². The molecule has 6 heteroatoms. The Labute approximate surface area is 130 Å². The first-order chi connectivity index (χ1) is 10.3. The molecule has 0 atom stereocenters. The third kappa shape index (κ3) is 5.20. The van der Waals surface area contributed by atoms with Crippen molar-refractivity contribution in [3.05, 3.63) is 35.7 Å². The van der Waals surface area contributed by atoms with Crippen molar-refractivity contribution in [1.29, 1.82) is 0 Å². The summed E-state index contributed by atoms with van der Waals surface area (Å²) in [4.78, 5) is 11.0. The Balaban J connectivity index is 1.89. The molecule has 2 N–H and O–H groups in total. The van der Waals surface area contributed by atoms with Gasteiger partial charge >= 0.3 is 6.01 Å². The third-order valence-electron chi connectivity index (χ3n) is 2.87. The van der Waals surface area contributed by atoms with Crippen LogP contribution >= 0.6 is 0 Å². The Bertz CT molecular complexity index is 626. The van der Waals surface area contributed by atoms with Crippen molar-refractivity contribution in [2.24, 2.45) is 5.41 Å². The summed E-state index contributed by atoms with van der Waals surface area (Å²) in [6, 6.07) is 8.01. The number of amides is 1. The monoisotopic (exact) mass is 302 g/mol. The van der Waals surface area contributed by atoms with Crippen LogP contribution in [0.1, 0.15) is 39.1 Å². The molecule has 0 aliphatic rings. The minimum atomic E-state index is -0.0805. The molecule has 0 saturated carbocycles. The van der Waals surface area contributed by atoms with Crippen LogP contribution < -0.4 is 10.6 Å². The van der Waals surface area contributed by atoms with Crippen molar-refractivity contribution < 1.29 is 9.21 Å². The van der Waals surface area contributed by atoms with E-state index in [1.54, 1.807) is 0 Å². The van der Waals surface area contributed by atoms with Gasteiger partial charge in [0.1, 0.15) is 0 Å². The standard InChI is InChI=1S/C16H22N4O2/c1-11(21)18-13-7-5-12(6-8-13)10-17-15-20-19-14(22-15)9-16(2,3)4/h5-8H,9-10H2,1-4H3,(H,17,20)(H,18,21). The molecule has 0 radical (unpaired) electrons. The van der Waals surface area contributed by atoms with Crippen molar-refractivity contribution in [3.8, 4) is 0 Å². The van der Waals surface area contributed by atoms with Crippen LogP contribution in [0.15, 0.2) is 28.7 Å². The molecule has 0 unspecified atom stereocenters. The Morgan fingerprint density at radius 3 is 2.45 bits per heavy atom. The minimum Gasteiger partial charge on any atom is -0.408 e. The van der Waals surface area contributed by atoms with Gasteiger partial charge in [-0.1, -0.05) is 38.0 Å². The van der Waals surface area contributed by atoms with Crippen molar-refractivity contribution in [3.63, 3.8) is 0 Å². The van der Waals surface area contributed by atoms with Gasteiger partial charge in [0.05, 0.1) is 0 Å². The quantitative estimate of drug-likeness (QED) is 0.886. The van der Waals surface area contributed by atoms with E-state index >= 15 is 0 Å². The van der Waals surface area contributed by atoms with Gasteiger partial charge in [-0.25, -0.2) is 0 Å². The fourth-order valence-corrected chi connectivity index (χ4v) is 1.94. The highest BCUT2D eigenvalue weighted by atomic mass is 16.4. The molecule has 0 aliphatic carbocycles. The van der Waals surface area contributed by atoms with Crippen LogP contribution in [0.25, 0.3) is 0 Å². The topological polar surface area (TPSA) is 80.0 Å². The maximum atomic E-state index is 11.0. The first-order valence-corrected chi connectivity index (χ1v) is 7.25. The van der Waals surface area contributed by atoms with Gasteiger partial charge in [0.2, 0.25) is 11.8 Å². The summed E-state index contributed by atoms with van der Waals surface area (Å²) < 4.78 is 5.57. The number of carbonyl (C=O) groups is 1. The normalized spacial score (nSPS) is 11.3. The average molecular weight is 302 g/mol. The predicted molar refractivity (Wildman–Crippen MR) is 85.5 cm³/mol. The van der Waals surface area contributed by atoms with E-state index in [2.05, 4.69) is 41.6 Å². The first-order valence-electron chi connectivity index (χ1n) is 7.25. The number of hydrogen-bond donors (Lipinski definition) is 2. The van der Waals surface area contributed by atoms with Gasteiger partial charge in [0.15, 0.2) is 0 Å². The lowest BCUT2D eigenvalue weighted by molar-refractivity contribution is -0.114. The molecule has 0 saturated heterocycles. The Hall–Kier alpha value is -2.37. The van der Waals surface area contributed by atoms with E-state index in [1.807, 2.05) is 24.3 Å². The van der Waals surface area contributed by atoms with Gasteiger partial charge in [-0.05, 0) is 23.1 Å². The Kier molecular flexibility index (Phi) is 4.80. The summed E-state index contributed by atoms with van der Waals surface area (Å²) >= 11 is 0. The predicted octanol–water partition coefficient (Wildman–Crippen LogP) is 3.23. The molecule has 0 bridgehead atoms. The van der Waals surface area contributed by atoms with Gasteiger partial charge in [-0.15, -0.1) is 5.10 Å². The highest BCUT2D eigenvalue weighted by Crippen LogP contribution is 2.20. The number of anilines is 2. The number of hydrogen-bond acceptors (Lipinski definition) is 5. The Morgan fingerprint density at radius 1 is 1.18 bits per heavy atom. The molecule has 0 aliphatic heterocycles. The van der Waals surface area contributed by atoms with Crippen LogP contribution in [0.5, 0.6) is 0 Å². The fraction of sp³-hybridized carbons (Fsp3) is 0.438. The van der Waals surface area contributed by atoms with Crippen molar-refractivity contribution in [1.82, 2.24) is 10.2 Å². The highest BCUT2D eigenvalue weighted by Gasteiger charge is 2.16. The van der Waals surface area contributed by atoms with Crippen LogP contribution in [-0.4, -0.2) is 16.1 Å². The number of nitrogens with one attached hydrogen (secondary N) is 2. The van der Waals surface area contributed by atoms with E-state index in [-0.39, 0.29) is 11.3 Å². The molecule has 0 spiro atoms. The second kappa shape index (κ2) is 6.60. The van der Waals surface area contributed by atoms with E-state index in [0.29, 0.717) is 18.5 Å². The molecule has 22 heavy (non-hydrogen) atoms. The first kappa shape index (κ1) is 16.0. The zero-order valence-corrected chi connectivity index (χ0v) is 13.4. The summed E-state index contributed by atoms with van der Waals surface area (Å²) in [7, 11) is 0. The fourth-order valence-electron chi connectivity index (χ4n) is 1.94. The summed E-state index contributed by atoms with van der Waals surface area (Å²) in [6.45, 7) is 8.44. The molecule has 1 aromatic heterocycles. The molecule has 1 aromatic carbocycles. The molecular weight excluding hydrogens is 280 g/mol. The van der Waals surface area contributed by atoms with Crippen molar-refractivity contribution in [2.45, 2.75) is 40.7 Å². The van der Waals surface area contributed by atoms with Gasteiger partial charge in [0, 0.05) is 25.6 Å². The largest absolute Gasteiger partial charge is 0.408 e. The second-order valence-corrected chi connectivity index (χ2v) is 6.47. The number of benzene rings is 1. The zero-order valence-electron chi connectivity index (χ0n) is 13.4. The van der Waals surface area contributed by atoms with Crippen molar-refractivity contribution >= 4 is 17.6 Å². The van der Waals surface area contributed by atoms with E-state index < -0.39 is 0 Å². The molecule has 1 heterocycles. The van der Waals surface area contributed by atoms with Crippen LogP contribution in [0, 0.1) is 5.41 Å². The van der Waals surface area contributed by atoms with Gasteiger partial charge in [-0.2, -0.15) is 0 Å². The summed E-state index contributed by atoms with van der Waals surface area (Å²) in [5.74, 6) is 0.555. The van der Waals surface area contributed by atoms with E-state index in [9.17, 15) is 4.79 Å². The van der Waals surface area contributed by atoms with E-state index in [1.165, 1.54) is 6.92 Å². The van der Waals surface area contributed by atoms with E-state index in [4.69, 9.17) is 4.42 Å². The maximum Gasteiger partial charge on any atom is 0.315 e. The SMILES string of the molecule is CC(=O)Nc1ccc(CNc2nnc(CC(C)(C)C)o2)cc1. The lowest BCUT2D eigenvalue weighted by atomic mass is 9.92. The number of rotatable bonds is 5. The average Bonchev–Trinajstić information content (AvgIpc) is 2.82. The number of nitrogens with zero attached hydrogens (tertiary/aromatic N) is 2. The van der Waals surface area contributed by atoms with Crippen LogP contribution in [-0.2, 0) is 17.8 Å². The lowest BCUT2D eigenvalue weighted by Crippen LogP contribution is -2.09. The molecule has 6 nitrogen and oxygen atoms in total. The summed E-state index contributed by atoms with van der Waals surface area (Å²) in [5, 5.41) is 13.9. The Morgan fingerprint density at radius 2 is 1.86 bits per heavy atom. The molecule has 2 aromatic rings. The lowest BCUT2D eigenvalue weighted by Gasteiger charge is -2.14. The molecule has 1 amide bonds. The zero-order chi connectivity index (χ0) is 16.2. The summed E-state index contributed by atoms with van der Waals surface area (Å²) in [5.41, 5.74) is 1.95. The van der Waals surface area contributed by atoms with Gasteiger partial charge in [0.25, 0.3) is 0 Å². The number of aromatic nitrogens is 2. The molecule has 0 fully saturated rings. The van der Waals surface area contributed by atoms with E-state index in [0.717, 1.165) is 17.7 Å². The smallest absolute Gasteiger partial charge is 0.315 e. The third-order valence-corrected chi connectivity index (χ3v) is 2.87. The summed E-state index contributed by atoms with van der Waals surface area (Å²) in [6.07, 6.45) is 0.743. The maximum absolute atomic E-state index is 11.0. The second-order valence-electron chi connectivity index (χ2n) is 6.47. The minimum absolute atomic E-state index is 0.0805. The van der Waals surface area contributed by atoms with Gasteiger partial charge < -0.3 is 15.1 Å². The highest BCUT2D eigenvalue weighted by molar-refractivity contribution is 5.88.